The highest BCUT2D eigenvalue weighted by Crippen LogP contribution is 2.48. The van der Waals surface area contributed by atoms with Crippen molar-refractivity contribution in [1.82, 2.24) is 4.98 Å². The van der Waals surface area contributed by atoms with Gasteiger partial charge in [-0.05, 0) is 72.7 Å². The number of aryl methyl sites for hydroxylation is 1. The van der Waals surface area contributed by atoms with Gasteiger partial charge in [0.05, 0.1) is 5.69 Å². The SMILES string of the molecule is CC1=Nc2c(F)cc(C3=CCc4ncc(-c5ccccc5C)cc43)cc2C1(C)C(C)C. The number of fused-ring (bicyclic) bond motifs is 2. The van der Waals surface area contributed by atoms with E-state index in [1.54, 1.807) is 6.07 Å². The molecule has 2 aromatic carbocycles. The molecule has 0 N–H and O–H groups in total. The molecule has 1 aliphatic heterocycles. The van der Waals surface area contributed by atoms with Crippen LogP contribution < -0.4 is 0 Å². The number of pyridine rings is 1. The molecule has 1 aliphatic carbocycles. The molecule has 5 rings (SSSR count). The summed E-state index contributed by atoms with van der Waals surface area (Å²) in [6.07, 6.45) is 4.90. The largest absolute Gasteiger partial charge is 0.260 e. The maximum Gasteiger partial charge on any atom is 0.149 e. The third kappa shape index (κ3) is 2.90. The number of hydrogen-bond acceptors (Lipinski definition) is 2. The summed E-state index contributed by atoms with van der Waals surface area (Å²) < 4.78 is 15.2. The minimum Gasteiger partial charge on any atom is -0.260 e. The van der Waals surface area contributed by atoms with Crippen LogP contribution in [0.2, 0.25) is 0 Å². The van der Waals surface area contributed by atoms with Crippen LogP contribution in [-0.4, -0.2) is 10.7 Å². The van der Waals surface area contributed by atoms with Crippen LogP contribution in [0.1, 0.15) is 55.6 Å². The zero-order valence-corrected chi connectivity index (χ0v) is 18.8. The van der Waals surface area contributed by atoms with Crippen molar-refractivity contribution in [3.63, 3.8) is 0 Å². The van der Waals surface area contributed by atoms with E-state index in [9.17, 15) is 0 Å². The fourth-order valence-electron chi connectivity index (χ4n) is 4.99. The number of allylic oxidation sites excluding steroid dienone is 1. The van der Waals surface area contributed by atoms with Gasteiger partial charge in [0, 0.05) is 34.9 Å². The number of aromatic nitrogens is 1. The summed E-state index contributed by atoms with van der Waals surface area (Å²) >= 11 is 0. The standard InChI is InChI=1S/C28H27FN2/c1-16(2)28(5)18(4)31-27-24(28)13-19(14-25(27)29)22-10-11-26-23(22)12-20(15-30-26)21-9-7-6-8-17(21)3/h6-10,12-16H,11H2,1-5H3. The summed E-state index contributed by atoms with van der Waals surface area (Å²) in [6.45, 7) is 10.7. The summed E-state index contributed by atoms with van der Waals surface area (Å²) in [6, 6.07) is 14.3. The average molecular weight is 411 g/mol. The van der Waals surface area contributed by atoms with Crippen LogP contribution in [0.15, 0.2) is 59.7 Å². The molecule has 0 saturated heterocycles. The zero-order valence-electron chi connectivity index (χ0n) is 18.8. The van der Waals surface area contributed by atoms with E-state index in [1.165, 1.54) is 11.1 Å². The summed E-state index contributed by atoms with van der Waals surface area (Å²) in [7, 11) is 0. The molecule has 0 fully saturated rings. The Hall–Kier alpha value is -3.07. The Balaban J connectivity index is 1.63. The Bertz CT molecular complexity index is 1280. The first-order chi connectivity index (χ1) is 14.8. The molecule has 0 radical (unpaired) electrons. The molecule has 2 aliphatic rings. The Morgan fingerprint density at radius 3 is 2.52 bits per heavy atom. The highest BCUT2D eigenvalue weighted by molar-refractivity contribution is 6.01. The van der Waals surface area contributed by atoms with Gasteiger partial charge in [0.1, 0.15) is 11.5 Å². The number of aliphatic imine (C=N–C) groups is 1. The fraction of sp³-hybridized carbons (Fsp3) is 0.286. The number of rotatable bonds is 3. The second kappa shape index (κ2) is 6.98. The summed E-state index contributed by atoms with van der Waals surface area (Å²) in [5, 5.41) is 0. The van der Waals surface area contributed by atoms with Crippen LogP contribution in [0.5, 0.6) is 0 Å². The Morgan fingerprint density at radius 1 is 1.00 bits per heavy atom. The van der Waals surface area contributed by atoms with E-state index in [0.717, 1.165) is 45.7 Å². The molecule has 2 nitrogen and oxygen atoms in total. The maximum atomic E-state index is 15.2. The minimum atomic E-state index is -0.255. The topological polar surface area (TPSA) is 25.2 Å². The van der Waals surface area contributed by atoms with Crippen molar-refractivity contribution in [2.45, 2.75) is 46.5 Å². The number of hydrogen-bond donors (Lipinski definition) is 0. The molecule has 0 saturated carbocycles. The van der Waals surface area contributed by atoms with Gasteiger partial charge in [-0.3, -0.25) is 9.98 Å². The van der Waals surface area contributed by atoms with Gasteiger partial charge < -0.3 is 0 Å². The first-order valence-electron chi connectivity index (χ1n) is 11.0. The van der Waals surface area contributed by atoms with Crippen molar-refractivity contribution in [2.24, 2.45) is 10.9 Å². The second-order valence-electron chi connectivity index (χ2n) is 9.26. The maximum absolute atomic E-state index is 15.2. The summed E-state index contributed by atoms with van der Waals surface area (Å²) in [5.41, 5.74) is 9.85. The van der Waals surface area contributed by atoms with E-state index in [2.05, 4.69) is 69.1 Å². The van der Waals surface area contributed by atoms with Crippen molar-refractivity contribution in [1.29, 1.82) is 0 Å². The van der Waals surface area contributed by atoms with Crippen molar-refractivity contribution < 1.29 is 4.39 Å². The Morgan fingerprint density at radius 2 is 1.77 bits per heavy atom. The van der Waals surface area contributed by atoms with Gasteiger partial charge in [-0.2, -0.15) is 0 Å². The van der Waals surface area contributed by atoms with E-state index < -0.39 is 0 Å². The normalized spacial score (nSPS) is 19.3. The van der Waals surface area contributed by atoms with Crippen LogP contribution in [0, 0.1) is 18.7 Å². The molecule has 1 aromatic heterocycles. The average Bonchev–Trinajstić information content (AvgIpc) is 3.28. The summed E-state index contributed by atoms with van der Waals surface area (Å²) in [4.78, 5) is 9.36. The first-order valence-corrected chi connectivity index (χ1v) is 11.0. The van der Waals surface area contributed by atoms with Gasteiger partial charge in [-0.1, -0.05) is 44.2 Å². The number of halogens is 1. The van der Waals surface area contributed by atoms with Crippen LogP contribution >= 0.6 is 0 Å². The Kier molecular flexibility index (Phi) is 4.47. The number of benzene rings is 2. The smallest absolute Gasteiger partial charge is 0.149 e. The lowest BCUT2D eigenvalue weighted by Crippen LogP contribution is -2.33. The van der Waals surface area contributed by atoms with Crippen molar-refractivity contribution in [2.75, 3.05) is 0 Å². The van der Waals surface area contributed by atoms with E-state index in [-0.39, 0.29) is 11.2 Å². The van der Waals surface area contributed by atoms with Crippen molar-refractivity contribution in [3.05, 3.63) is 88.5 Å². The van der Waals surface area contributed by atoms with Crippen LogP contribution in [0.3, 0.4) is 0 Å². The quantitative estimate of drug-likeness (QED) is 0.448. The van der Waals surface area contributed by atoms with E-state index in [1.807, 2.05) is 19.2 Å². The van der Waals surface area contributed by atoms with Gasteiger partial charge in [0.2, 0.25) is 0 Å². The molecule has 3 heteroatoms. The van der Waals surface area contributed by atoms with E-state index in [4.69, 9.17) is 4.98 Å². The minimum absolute atomic E-state index is 0.242. The molecule has 156 valence electrons. The van der Waals surface area contributed by atoms with Crippen molar-refractivity contribution >= 4 is 17.0 Å². The second-order valence-corrected chi connectivity index (χ2v) is 9.26. The van der Waals surface area contributed by atoms with Gasteiger partial charge in [0.25, 0.3) is 0 Å². The fourth-order valence-corrected chi connectivity index (χ4v) is 4.99. The molecular weight excluding hydrogens is 383 g/mol. The first kappa shape index (κ1) is 19.9. The van der Waals surface area contributed by atoms with E-state index >= 15 is 4.39 Å². The summed E-state index contributed by atoms with van der Waals surface area (Å²) in [5.74, 6) is 0.0833. The molecule has 3 aromatic rings. The molecular formula is C28H27FN2. The lowest BCUT2D eigenvalue weighted by molar-refractivity contribution is 0.455. The molecule has 0 bridgehead atoms. The highest BCUT2D eigenvalue weighted by Gasteiger charge is 2.41. The van der Waals surface area contributed by atoms with Crippen molar-refractivity contribution in [3.8, 4) is 11.1 Å². The third-order valence-electron chi connectivity index (χ3n) is 7.34. The van der Waals surface area contributed by atoms with Gasteiger partial charge in [-0.25, -0.2) is 4.39 Å². The molecule has 1 unspecified atom stereocenters. The Labute approximate surface area is 183 Å². The highest BCUT2D eigenvalue weighted by atomic mass is 19.1. The molecule has 1 atom stereocenters. The predicted molar refractivity (Wildman–Crippen MR) is 127 cm³/mol. The molecule has 0 amide bonds. The molecule has 2 heterocycles. The lowest BCUT2D eigenvalue weighted by atomic mass is 9.71. The van der Waals surface area contributed by atoms with Crippen LogP contribution in [0.4, 0.5) is 10.1 Å². The molecule has 0 spiro atoms. The third-order valence-corrected chi connectivity index (χ3v) is 7.34. The molecule has 31 heavy (non-hydrogen) atoms. The van der Waals surface area contributed by atoms with Crippen LogP contribution in [0.25, 0.3) is 16.7 Å². The van der Waals surface area contributed by atoms with E-state index in [0.29, 0.717) is 11.6 Å². The predicted octanol–water partition coefficient (Wildman–Crippen LogP) is 7.20. The van der Waals surface area contributed by atoms with Gasteiger partial charge >= 0.3 is 0 Å². The van der Waals surface area contributed by atoms with Crippen LogP contribution in [-0.2, 0) is 11.8 Å². The zero-order chi connectivity index (χ0) is 21.9. The van der Waals surface area contributed by atoms with Gasteiger partial charge in [0.15, 0.2) is 0 Å². The lowest BCUT2D eigenvalue weighted by Gasteiger charge is -2.31. The number of nitrogens with zero attached hydrogens (tertiary/aromatic N) is 2. The monoisotopic (exact) mass is 410 g/mol. The van der Waals surface area contributed by atoms with Gasteiger partial charge in [-0.15, -0.1) is 0 Å².